The van der Waals surface area contributed by atoms with Crippen molar-refractivity contribution in [3.63, 3.8) is 0 Å². The molecule has 0 amide bonds. The molecular weight excluding hydrogens is 388 g/mol. The number of allylic oxidation sites excluding steroid dienone is 5. The molecule has 0 aromatic heterocycles. The molecule has 2 atom stereocenters. The highest BCUT2D eigenvalue weighted by Crippen LogP contribution is 2.38. The van der Waals surface area contributed by atoms with Crippen molar-refractivity contribution < 1.29 is 9.84 Å². The van der Waals surface area contributed by atoms with Gasteiger partial charge in [-0.3, -0.25) is 0 Å². The van der Waals surface area contributed by atoms with E-state index in [0.29, 0.717) is 0 Å². The minimum absolute atomic E-state index is 0.000579. The average Bonchev–Trinajstić information content (AvgIpc) is 3.11. The molecule has 1 aromatic carbocycles. The molecule has 0 fully saturated rings. The topological polar surface area (TPSA) is 117 Å². The van der Waals surface area contributed by atoms with Gasteiger partial charge in [-0.15, -0.1) is 0 Å². The van der Waals surface area contributed by atoms with Crippen molar-refractivity contribution in [2.45, 2.75) is 33.3 Å². The third kappa shape index (κ3) is 5.67. The molecule has 0 aliphatic carbocycles. The van der Waals surface area contributed by atoms with Crippen LogP contribution >= 0.6 is 0 Å². The maximum absolute atomic E-state index is 10.4. The Morgan fingerprint density at radius 1 is 1.26 bits per heavy atom. The first-order valence-corrected chi connectivity index (χ1v) is 10.3. The molecule has 0 spiro atoms. The van der Waals surface area contributed by atoms with Crippen molar-refractivity contribution in [1.29, 1.82) is 5.41 Å². The Bertz CT molecular complexity index is 962. The van der Waals surface area contributed by atoms with Gasteiger partial charge in [0, 0.05) is 47.5 Å². The Morgan fingerprint density at radius 3 is 2.48 bits per heavy atom. The van der Waals surface area contributed by atoms with Crippen LogP contribution in [0.1, 0.15) is 38.8 Å². The first kappa shape index (κ1) is 24.0. The zero-order valence-corrected chi connectivity index (χ0v) is 18.9. The molecule has 0 saturated heterocycles. The maximum Gasteiger partial charge on any atom is 0.130 e. The lowest BCUT2D eigenvalue weighted by Crippen LogP contribution is -2.27. The normalized spacial score (nSPS) is 20.0. The second kappa shape index (κ2) is 10.2. The summed E-state index contributed by atoms with van der Waals surface area (Å²) in [6, 6.07) is 5.82. The molecular formula is C25H34N4O2. The van der Waals surface area contributed by atoms with Gasteiger partial charge < -0.3 is 32.0 Å². The second-order valence-corrected chi connectivity index (χ2v) is 8.18. The fraction of sp³-hybridized carbons (Fsp3) is 0.320. The lowest BCUT2D eigenvalue weighted by molar-refractivity contribution is 0.0439. The third-order valence-electron chi connectivity index (χ3n) is 5.45. The van der Waals surface area contributed by atoms with Crippen molar-refractivity contribution in [1.82, 2.24) is 0 Å². The zero-order valence-electron chi connectivity index (χ0n) is 18.9. The molecule has 0 bridgehead atoms. The van der Waals surface area contributed by atoms with Crippen LogP contribution in [0, 0.1) is 17.2 Å². The van der Waals surface area contributed by atoms with Gasteiger partial charge in [-0.2, -0.15) is 0 Å². The van der Waals surface area contributed by atoms with Crippen LogP contribution in [0.5, 0.6) is 0 Å². The maximum atomic E-state index is 10.4. The fourth-order valence-corrected chi connectivity index (χ4v) is 3.30. The molecule has 1 aromatic rings. The largest absolute Gasteiger partial charge is 0.460 e. The smallest absolute Gasteiger partial charge is 0.130 e. The lowest BCUT2D eigenvalue weighted by atomic mass is 9.88. The van der Waals surface area contributed by atoms with E-state index in [0.717, 1.165) is 39.5 Å². The van der Waals surface area contributed by atoms with E-state index in [1.54, 1.807) is 26.0 Å². The van der Waals surface area contributed by atoms with E-state index in [-0.39, 0.29) is 11.8 Å². The predicted octanol–water partition coefficient (Wildman–Crippen LogP) is 4.27. The minimum Gasteiger partial charge on any atom is -0.460 e. The molecule has 2 rings (SSSR count). The summed E-state index contributed by atoms with van der Waals surface area (Å²) < 4.78 is 6.30. The summed E-state index contributed by atoms with van der Waals surface area (Å²) in [7, 11) is 1.83. The van der Waals surface area contributed by atoms with Crippen molar-refractivity contribution in [2.75, 3.05) is 12.4 Å². The summed E-state index contributed by atoms with van der Waals surface area (Å²) in [6.45, 7) is 7.54. The number of aliphatic hydroxyl groups is 1. The van der Waals surface area contributed by atoms with E-state index in [1.165, 1.54) is 18.6 Å². The van der Waals surface area contributed by atoms with Crippen LogP contribution in [-0.4, -0.2) is 24.0 Å². The number of rotatable bonds is 8. The van der Waals surface area contributed by atoms with E-state index < -0.39 is 5.60 Å². The fourth-order valence-electron chi connectivity index (χ4n) is 3.30. The quantitative estimate of drug-likeness (QED) is 0.317. The van der Waals surface area contributed by atoms with Crippen molar-refractivity contribution in [3.8, 4) is 0 Å². The van der Waals surface area contributed by atoms with Crippen LogP contribution in [0.2, 0.25) is 0 Å². The average molecular weight is 423 g/mol. The van der Waals surface area contributed by atoms with E-state index in [4.69, 9.17) is 21.6 Å². The van der Waals surface area contributed by atoms with E-state index in [1.807, 2.05) is 44.3 Å². The highest BCUT2D eigenvalue weighted by molar-refractivity contribution is 5.87. The van der Waals surface area contributed by atoms with Crippen LogP contribution < -0.4 is 16.8 Å². The number of anilines is 1. The van der Waals surface area contributed by atoms with Gasteiger partial charge in [0.15, 0.2) is 0 Å². The molecule has 1 heterocycles. The number of hydrogen-bond acceptors (Lipinski definition) is 6. The first-order chi connectivity index (χ1) is 14.7. The highest BCUT2D eigenvalue weighted by Gasteiger charge is 2.26. The van der Waals surface area contributed by atoms with Gasteiger partial charge in [0.2, 0.25) is 0 Å². The molecule has 166 valence electrons. The van der Waals surface area contributed by atoms with Gasteiger partial charge >= 0.3 is 0 Å². The van der Waals surface area contributed by atoms with Gasteiger partial charge in [0.25, 0.3) is 0 Å². The Labute approximate surface area is 185 Å². The Morgan fingerprint density at radius 2 is 1.94 bits per heavy atom. The summed E-state index contributed by atoms with van der Waals surface area (Å²) in [5, 5.41) is 21.1. The van der Waals surface area contributed by atoms with Crippen molar-refractivity contribution in [2.24, 2.45) is 23.3 Å². The summed E-state index contributed by atoms with van der Waals surface area (Å²) >= 11 is 0. The monoisotopic (exact) mass is 422 g/mol. The summed E-state index contributed by atoms with van der Waals surface area (Å²) in [4.78, 5) is 0. The third-order valence-corrected chi connectivity index (χ3v) is 5.45. The molecule has 6 nitrogen and oxygen atoms in total. The van der Waals surface area contributed by atoms with Gasteiger partial charge in [-0.25, -0.2) is 0 Å². The van der Waals surface area contributed by atoms with Gasteiger partial charge in [0.05, 0.1) is 5.60 Å². The number of benzene rings is 1. The second-order valence-electron chi connectivity index (χ2n) is 8.18. The van der Waals surface area contributed by atoms with Crippen LogP contribution in [0.15, 0.2) is 71.8 Å². The molecule has 1 aliphatic rings. The Balaban J connectivity index is 2.53. The molecule has 6 heteroatoms. The van der Waals surface area contributed by atoms with Crippen molar-refractivity contribution in [3.05, 3.63) is 82.9 Å². The Kier molecular flexibility index (Phi) is 7.89. The number of ether oxygens (including phenoxy) is 1. The minimum atomic E-state index is -0.889. The standard InChI is InChI=1S/C25H34N4O2/c1-16-12-23(19-6-7-22(29-5)20(14-19)15-28)31-24(16)21(9-11-27)18(8-10-26)13-17(2)25(3,4)30/h6-17,28-30H,26-27H2,1-5H3/b10-8-,11-9-,18-13+,24-21-,28-15?. The van der Waals surface area contributed by atoms with Crippen LogP contribution in [0.3, 0.4) is 0 Å². The SMILES string of the molecule is CNc1ccc(C2=CC(C)/C(=C(\C=C/N)C(/C=C\N)=C/C(C)C(C)(C)O)O2)cc1C=N. The molecule has 31 heavy (non-hydrogen) atoms. The number of hydrogen-bond donors (Lipinski definition) is 5. The van der Waals surface area contributed by atoms with E-state index in [2.05, 4.69) is 12.2 Å². The van der Waals surface area contributed by atoms with Crippen molar-refractivity contribution >= 4 is 17.7 Å². The van der Waals surface area contributed by atoms with E-state index >= 15 is 0 Å². The summed E-state index contributed by atoms with van der Waals surface area (Å²) in [5.74, 6) is 1.34. The number of nitrogens with two attached hydrogens (primary N) is 2. The van der Waals surface area contributed by atoms with E-state index in [9.17, 15) is 5.11 Å². The predicted molar refractivity (Wildman–Crippen MR) is 129 cm³/mol. The number of nitrogens with one attached hydrogen (secondary N) is 2. The summed E-state index contributed by atoms with van der Waals surface area (Å²) in [6.07, 6.45) is 11.8. The Hall–Kier alpha value is -3.25. The van der Waals surface area contributed by atoms with Gasteiger partial charge in [-0.05, 0) is 68.2 Å². The molecule has 1 aliphatic heterocycles. The molecule has 7 N–H and O–H groups in total. The van der Waals surface area contributed by atoms with Gasteiger partial charge in [-0.1, -0.05) is 19.9 Å². The molecule has 0 saturated carbocycles. The molecule has 0 radical (unpaired) electrons. The van der Waals surface area contributed by atoms with Crippen LogP contribution in [0.4, 0.5) is 5.69 Å². The van der Waals surface area contributed by atoms with Gasteiger partial charge in [0.1, 0.15) is 11.5 Å². The highest BCUT2D eigenvalue weighted by atomic mass is 16.5. The molecule has 2 unspecified atom stereocenters. The van der Waals surface area contributed by atoms with Crippen LogP contribution in [0.25, 0.3) is 5.76 Å². The van der Waals surface area contributed by atoms with Crippen LogP contribution in [-0.2, 0) is 4.74 Å². The lowest BCUT2D eigenvalue weighted by Gasteiger charge is -2.24. The zero-order chi connectivity index (χ0) is 23.2. The summed E-state index contributed by atoms with van der Waals surface area (Å²) in [5.41, 5.74) is 14.8. The first-order valence-electron chi connectivity index (χ1n) is 10.3.